The summed E-state index contributed by atoms with van der Waals surface area (Å²) in [6, 6.07) is 67.1. The van der Waals surface area contributed by atoms with Crippen LogP contribution in [0.2, 0.25) is 0 Å². The van der Waals surface area contributed by atoms with Crippen LogP contribution in [-0.2, 0) is 5.41 Å². The number of fused-ring (bicyclic) bond motifs is 9. The van der Waals surface area contributed by atoms with Crippen LogP contribution in [0.15, 0.2) is 192 Å². The molecule has 1 aliphatic carbocycles. The molecule has 0 N–H and O–H groups in total. The lowest BCUT2D eigenvalue weighted by atomic mass is 9.81. The molecule has 1 aliphatic rings. The van der Waals surface area contributed by atoms with Crippen LogP contribution in [0, 0.1) is 0 Å². The Kier molecular flexibility index (Phi) is 7.24. The van der Waals surface area contributed by atoms with Gasteiger partial charge in [-0.25, -0.2) is 9.97 Å². The zero-order valence-corrected chi connectivity index (χ0v) is 32.6. The van der Waals surface area contributed by atoms with Crippen LogP contribution in [-0.4, -0.2) is 14.5 Å². The Morgan fingerprint density at radius 2 is 1.00 bits per heavy atom. The van der Waals surface area contributed by atoms with Gasteiger partial charge in [-0.1, -0.05) is 141 Å². The van der Waals surface area contributed by atoms with Gasteiger partial charge in [0.2, 0.25) is 0 Å². The van der Waals surface area contributed by atoms with E-state index in [2.05, 4.69) is 164 Å². The highest BCUT2D eigenvalue weighted by atomic mass is 16.3. The lowest BCUT2D eigenvalue weighted by Gasteiger charge is -2.22. The van der Waals surface area contributed by atoms with E-state index in [9.17, 15) is 0 Å². The number of aromatic nitrogens is 3. The highest BCUT2D eigenvalue weighted by Gasteiger charge is 2.36. The molecule has 0 unspecified atom stereocenters. The van der Waals surface area contributed by atoms with Crippen molar-refractivity contribution in [3.63, 3.8) is 0 Å². The molecule has 8 aromatic carbocycles. The lowest BCUT2D eigenvalue weighted by Crippen LogP contribution is -2.15. The second kappa shape index (κ2) is 12.7. The zero-order valence-electron chi connectivity index (χ0n) is 32.6. The van der Waals surface area contributed by atoms with E-state index in [-0.39, 0.29) is 5.41 Å². The Labute approximate surface area is 341 Å². The maximum absolute atomic E-state index is 6.33. The van der Waals surface area contributed by atoms with E-state index in [1.54, 1.807) is 0 Å². The van der Waals surface area contributed by atoms with Crippen LogP contribution in [0.1, 0.15) is 25.0 Å². The van der Waals surface area contributed by atoms with Gasteiger partial charge in [0.15, 0.2) is 5.82 Å². The van der Waals surface area contributed by atoms with Gasteiger partial charge >= 0.3 is 0 Å². The van der Waals surface area contributed by atoms with Gasteiger partial charge in [-0.2, -0.15) is 0 Å². The van der Waals surface area contributed by atoms with Crippen molar-refractivity contribution < 1.29 is 4.42 Å². The number of rotatable bonds is 5. The lowest BCUT2D eigenvalue weighted by molar-refractivity contribution is 0.647. The number of para-hydroxylation sites is 2. The van der Waals surface area contributed by atoms with Crippen molar-refractivity contribution in [3.8, 4) is 61.8 Å². The third-order valence-electron chi connectivity index (χ3n) is 12.4. The number of hydrogen-bond acceptors (Lipinski definition) is 3. The van der Waals surface area contributed by atoms with Crippen LogP contribution >= 0.6 is 0 Å². The minimum absolute atomic E-state index is 0.169. The van der Waals surface area contributed by atoms with E-state index < -0.39 is 0 Å². The number of benzene rings is 8. The van der Waals surface area contributed by atoms with Crippen molar-refractivity contribution in [1.82, 2.24) is 14.5 Å². The van der Waals surface area contributed by atoms with Crippen LogP contribution < -0.4 is 0 Å². The molecule has 11 aromatic rings. The molecule has 0 spiro atoms. The summed E-state index contributed by atoms with van der Waals surface area (Å²) in [5.74, 6) is 0.713. The van der Waals surface area contributed by atoms with Gasteiger partial charge in [-0.15, -0.1) is 0 Å². The summed E-state index contributed by atoms with van der Waals surface area (Å²) in [6.07, 6.45) is 0. The van der Waals surface area contributed by atoms with Crippen LogP contribution in [0.5, 0.6) is 0 Å². The third-order valence-corrected chi connectivity index (χ3v) is 12.4. The molecule has 3 aromatic heterocycles. The quantitative estimate of drug-likeness (QED) is 0.176. The third kappa shape index (κ3) is 5.23. The standard InChI is InChI=1S/C55H37N3O/c1-55(2)46-30-38(23-27-40(46)43-31-45-42-18-10-12-20-52(42)59-53(45)32-47(43)55)37-24-28-51-44(29-37)41-17-9-11-19-50(41)58(51)39-25-21-35(22-26-39)49-33-48(34-13-5-3-6-14-34)56-54(57-49)36-15-7-4-8-16-36/h3-33H,1-2H3. The van der Waals surface area contributed by atoms with Gasteiger partial charge in [-0.05, 0) is 94.0 Å². The Morgan fingerprint density at radius 3 is 1.78 bits per heavy atom. The molecule has 0 fully saturated rings. The average Bonchev–Trinajstić information content (AvgIpc) is 3.90. The number of hydrogen-bond donors (Lipinski definition) is 0. The zero-order chi connectivity index (χ0) is 39.2. The fraction of sp³-hybridized carbons (Fsp3) is 0.0545. The van der Waals surface area contributed by atoms with E-state index >= 15 is 0 Å². The molecule has 0 bridgehead atoms. The first-order chi connectivity index (χ1) is 29.0. The first-order valence-corrected chi connectivity index (χ1v) is 20.2. The highest BCUT2D eigenvalue weighted by Crippen LogP contribution is 2.52. The molecule has 0 aliphatic heterocycles. The molecule has 59 heavy (non-hydrogen) atoms. The highest BCUT2D eigenvalue weighted by molar-refractivity contribution is 6.11. The molecule has 278 valence electrons. The minimum atomic E-state index is -0.169. The first kappa shape index (κ1) is 33.6. The normalized spacial score (nSPS) is 13.1. The molecule has 12 rings (SSSR count). The van der Waals surface area contributed by atoms with Crippen LogP contribution in [0.4, 0.5) is 0 Å². The largest absolute Gasteiger partial charge is 0.456 e. The average molecular weight is 756 g/mol. The van der Waals surface area contributed by atoms with Crippen molar-refractivity contribution in [2.75, 3.05) is 0 Å². The van der Waals surface area contributed by atoms with E-state index in [0.29, 0.717) is 5.82 Å². The van der Waals surface area contributed by atoms with Crippen molar-refractivity contribution in [1.29, 1.82) is 0 Å². The van der Waals surface area contributed by atoms with E-state index in [0.717, 1.165) is 50.3 Å². The fourth-order valence-electron chi connectivity index (χ4n) is 9.41. The molecule has 0 saturated carbocycles. The molecule has 4 heteroatoms. The Morgan fingerprint density at radius 1 is 0.407 bits per heavy atom. The molecule has 0 radical (unpaired) electrons. The molecule has 4 nitrogen and oxygen atoms in total. The first-order valence-electron chi connectivity index (χ1n) is 20.2. The van der Waals surface area contributed by atoms with Crippen molar-refractivity contribution >= 4 is 43.7 Å². The number of nitrogens with zero attached hydrogens (tertiary/aromatic N) is 3. The molecular weight excluding hydrogens is 719 g/mol. The predicted molar refractivity (Wildman–Crippen MR) is 243 cm³/mol. The fourth-order valence-corrected chi connectivity index (χ4v) is 9.41. The van der Waals surface area contributed by atoms with Crippen LogP contribution in [0.3, 0.4) is 0 Å². The number of furan rings is 1. The predicted octanol–water partition coefficient (Wildman–Crippen LogP) is 14.4. The van der Waals surface area contributed by atoms with Crippen LogP contribution in [0.25, 0.3) is 106 Å². The van der Waals surface area contributed by atoms with Crippen molar-refractivity contribution in [3.05, 3.63) is 199 Å². The van der Waals surface area contributed by atoms with E-state index in [1.165, 1.54) is 60.6 Å². The summed E-state index contributed by atoms with van der Waals surface area (Å²) in [6.45, 7) is 4.68. The second-order valence-corrected chi connectivity index (χ2v) is 16.2. The van der Waals surface area contributed by atoms with Gasteiger partial charge in [0.25, 0.3) is 0 Å². The van der Waals surface area contributed by atoms with Gasteiger partial charge in [0.1, 0.15) is 11.2 Å². The van der Waals surface area contributed by atoms with Crippen molar-refractivity contribution in [2.45, 2.75) is 19.3 Å². The monoisotopic (exact) mass is 755 g/mol. The summed E-state index contributed by atoms with van der Waals surface area (Å²) in [7, 11) is 0. The van der Waals surface area contributed by atoms with Gasteiger partial charge < -0.3 is 8.98 Å². The molecule has 0 saturated heterocycles. The summed E-state index contributed by atoms with van der Waals surface area (Å²) in [5, 5.41) is 4.80. The van der Waals surface area contributed by atoms with Gasteiger partial charge in [0.05, 0.1) is 22.4 Å². The molecule has 0 atom stereocenters. The smallest absolute Gasteiger partial charge is 0.160 e. The summed E-state index contributed by atoms with van der Waals surface area (Å²) in [4.78, 5) is 10.1. The van der Waals surface area contributed by atoms with Gasteiger partial charge in [0, 0.05) is 49.3 Å². The maximum Gasteiger partial charge on any atom is 0.160 e. The molecule has 3 heterocycles. The van der Waals surface area contributed by atoms with Gasteiger partial charge in [-0.3, -0.25) is 0 Å². The van der Waals surface area contributed by atoms with Crippen molar-refractivity contribution in [2.24, 2.45) is 0 Å². The SMILES string of the molecule is CC1(C)c2cc(-c3ccc4c(c3)c3ccccc3n4-c3ccc(-c4cc(-c5ccccc5)nc(-c5ccccc5)n4)cc3)ccc2-c2cc3c(cc21)oc1ccccc13. The second-order valence-electron chi connectivity index (χ2n) is 16.2. The summed E-state index contributed by atoms with van der Waals surface area (Å²) >= 11 is 0. The topological polar surface area (TPSA) is 43.9 Å². The Balaban J connectivity index is 0.933. The maximum atomic E-state index is 6.33. The Hall–Kier alpha value is -7.56. The van der Waals surface area contributed by atoms with E-state index in [1.807, 2.05) is 42.5 Å². The summed E-state index contributed by atoms with van der Waals surface area (Å²) < 4.78 is 8.71. The van der Waals surface area contributed by atoms with E-state index in [4.69, 9.17) is 14.4 Å². The molecule has 0 amide bonds. The summed E-state index contributed by atoms with van der Waals surface area (Å²) in [5.41, 5.74) is 17.7. The Bertz CT molecular complexity index is 3390. The molecular formula is C55H37N3O. The minimum Gasteiger partial charge on any atom is -0.456 e.